The topological polar surface area (TPSA) is 62.5 Å². The number of hydrogen-bond acceptors (Lipinski definition) is 4. The summed E-state index contributed by atoms with van der Waals surface area (Å²) >= 11 is 0. The zero-order chi connectivity index (χ0) is 13.7. The lowest BCUT2D eigenvalue weighted by Crippen LogP contribution is -2.22. The van der Waals surface area contributed by atoms with Gasteiger partial charge >= 0.3 is 5.97 Å². The third-order valence-corrected chi connectivity index (χ3v) is 5.19. The Hall–Kier alpha value is -1.45. The molecule has 2 fully saturated rings. The monoisotopic (exact) mass is 260 g/mol. The van der Waals surface area contributed by atoms with Gasteiger partial charge in [0.15, 0.2) is 0 Å². The third-order valence-electron chi connectivity index (χ3n) is 5.19. The molecule has 1 saturated carbocycles. The molecule has 1 N–H and O–H groups in total. The fourth-order valence-electron chi connectivity index (χ4n) is 3.93. The molecule has 102 valence electrons. The summed E-state index contributed by atoms with van der Waals surface area (Å²) in [7, 11) is 0. The number of allylic oxidation sites excluding steroid dienone is 1. The normalized spacial score (nSPS) is 41.7. The van der Waals surface area contributed by atoms with Crippen molar-refractivity contribution < 1.29 is 9.53 Å². The zero-order valence-corrected chi connectivity index (χ0v) is 11.5. The molecule has 0 aromatic heterocycles. The largest absolute Gasteiger partial charge is 0.457 e. The first kappa shape index (κ1) is 12.6. The van der Waals surface area contributed by atoms with Gasteiger partial charge in [-0.2, -0.15) is 5.11 Å². The van der Waals surface area contributed by atoms with Gasteiger partial charge in [0.1, 0.15) is 6.10 Å². The summed E-state index contributed by atoms with van der Waals surface area (Å²) in [6.07, 6.45) is 2.66. The van der Waals surface area contributed by atoms with Crippen LogP contribution in [0.25, 0.3) is 0 Å². The van der Waals surface area contributed by atoms with Crippen LogP contribution < -0.4 is 0 Å². The second-order valence-corrected chi connectivity index (χ2v) is 6.08. The van der Waals surface area contributed by atoms with Gasteiger partial charge in [-0.1, -0.05) is 19.1 Å². The molecule has 0 bridgehead atoms. The highest BCUT2D eigenvalue weighted by molar-refractivity contribution is 5.75. The van der Waals surface area contributed by atoms with Gasteiger partial charge in [-0.05, 0) is 37.3 Å². The Kier molecular flexibility index (Phi) is 2.84. The van der Waals surface area contributed by atoms with E-state index in [2.05, 4.69) is 11.7 Å². The number of esters is 1. The van der Waals surface area contributed by atoms with Crippen LogP contribution in [0.3, 0.4) is 0 Å². The zero-order valence-electron chi connectivity index (χ0n) is 11.5. The summed E-state index contributed by atoms with van der Waals surface area (Å²) in [6, 6.07) is -0.0508. The Morgan fingerprint density at radius 3 is 2.89 bits per heavy atom. The van der Waals surface area contributed by atoms with Crippen LogP contribution in [0.4, 0.5) is 0 Å². The van der Waals surface area contributed by atoms with Crippen molar-refractivity contribution in [1.82, 2.24) is 0 Å². The van der Waals surface area contributed by atoms with E-state index in [1.165, 1.54) is 11.1 Å². The molecule has 3 aliphatic rings. The Morgan fingerprint density at radius 1 is 1.47 bits per heavy atom. The van der Waals surface area contributed by atoms with Crippen LogP contribution in [-0.4, -0.2) is 18.1 Å². The summed E-state index contributed by atoms with van der Waals surface area (Å²) in [4.78, 5) is 11.9. The average molecular weight is 260 g/mol. The van der Waals surface area contributed by atoms with Crippen LogP contribution >= 0.6 is 0 Å². The number of hydrogen-bond donors (Lipinski definition) is 1. The summed E-state index contributed by atoms with van der Waals surface area (Å²) in [6.45, 7) is 8.21. The molecule has 5 atom stereocenters. The van der Waals surface area contributed by atoms with Crippen LogP contribution in [0.5, 0.6) is 0 Å². The van der Waals surface area contributed by atoms with Crippen molar-refractivity contribution >= 4 is 5.97 Å². The molecular formula is C15H20N2O2. The minimum absolute atomic E-state index is 0.0242. The highest BCUT2D eigenvalue weighted by Crippen LogP contribution is 2.50. The van der Waals surface area contributed by atoms with Gasteiger partial charge in [-0.25, -0.2) is 5.53 Å². The summed E-state index contributed by atoms with van der Waals surface area (Å²) in [5, 5.41) is 3.72. The molecule has 4 heteroatoms. The van der Waals surface area contributed by atoms with Gasteiger partial charge < -0.3 is 4.74 Å². The van der Waals surface area contributed by atoms with E-state index in [9.17, 15) is 4.79 Å². The molecule has 0 amide bonds. The molecule has 1 saturated heterocycles. The van der Waals surface area contributed by atoms with Crippen molar-refractivity contribution in [2.75, 3.05) is 0 Å². The van der Waals surface area contributed by atoms with Crippen molar-refractivity contribution in [2.45, 2.75) is 45.3 Å². The second kappa shape index (κ2) is 4.29. The molecular weight excluding hydrogens is 240 g/mol. The van der Waals surface area contributed by atoms with E-state index in [4.69, 9.17) is 10.3 Å². The van der Waals surface area contributed by atoms with Gasteiger partial charge in [0, 0.05) is 11.8 Å². The van der Waals surface area contributed by atoms with E-state index in [1.54, 1.807) is 0 Å². The second-order valence-electron chi connectivity index (χ2n) is 6.08. The lowest BCUT2D eigenvalue weighted by atomic mass is 9.85. The Balaban J connectivity index is 2.06. The quantitative estimate of drug-likeness (QED) is 0.447. The number of carbonyl (C=O) groups excluding carboxylic acids is 1. The Morgan fingerprint density at radius 2 is 2.21 bits per heavy atom. The van der Waals surface area contributed by atoms with Crippen molar-refractivity contribution in [3.8, 4) is 0 Å². The average Bonchev–Trinajstić information content (AvgIpc) is 2.81. The Labute approximate surface area is 113 Å². The standard InChI is InChI=1S/C15H20N2O2/c1-7-4-5-10-8(2)15(18)19-14(10)13-9(3)12(17-16)6-11(7)13/h8,10-12,14,16H,1,4-6H2,2-3H3/t8-,10-,11-,12+,14-/m0/s1. The number of fused-ring (bicyclic) bond motifs is 3. The van der Waals surface area contributed by atoms with E-state index in [0.717, 1.165) is 24.8 Å². The molecule has 1 aliphatic heterocycles. The fourth-order valence-corrected chi connectivity index (χ4v) is 3.93. The maximum atomic E-state index is 11.9. The van der Waals surface area contributed by atoms with Crippen LogP contribution in [0.15, 0.2) is 28.4 Å². The molecule has 0 aromatic rings. The SMILES string of the molecule is C=C1CC[C@H]2[C@H](C)C(=O)O[C@@H]2C2=C(C)[C@H](N=N)C[C@@H]12. The molecule has 0 radical (unpaired) electrons. The molecule has 1 heterocycles. The highest BCUT2D eigenvalue weighted by Gasteiger charge is 2.50. The lowest BCUT2D eigenvalue weighted by molar-refractivity contribution is -0.143. The van der Waals surface area contributed by atoms with Crippen molar-refractivity contribution in [2.24, 2.45) is 22.9 Å². The van der Waals surface area contributed by atoms with E-state index in [1.807, 2.05) is 13.8 Å². The number of rotatable bonds is 1. The van der Waals surface area contributed by atoms with Gasteiger partial charge in [-0.15, -0.1) is 0 Å². The minimum Gasteiger partial charge on any atom is -0.457 e. The summed E-state index contributed by atoms with van der Waals surface area (Å²) < 4.78 is 5.64. The van der Waals surface area contributed by atoms with Crippen molar-refractivity contribution in [1.29, 1.82) is 5.53 Å². The first-order chi connectivity index (χ1) is 9.04. The van der Waals surface area contributed by atoms with Crippen LogP contribution in [-0.2, 0) is 9.53 Å². The van der Waals surface area contributed by atoms with E-state index < -0.39 is 0 Å². The minimum atomic E-state index is -0.0986. The smallest absolute Gasteiger partial charge is 0.309 e. The van der Waals surface area contributed by atoms with Gasteiger partial charge in [0.2, 0.25) is 0 Å². The molecule has 0 unspecified atom stereocenters. The maximum Gasteiger partial charge on any atom is 0.309 e. The summed E-state index contributed by atoms with van der Waals surface area (Å²) in [5.41, 5.74) is 10.9. The lowest BCUT2D eigenvalue weighted by Gasteiger charge is -2.21. The molecule has 0 spiro atoms. The molecule has 4 nitrogen and oxygen atoms in total. The van der Waals surface area contributed by atoms with Crippen LogP contribution in [0, 0.1) is 23.3 Å². The van der Waals surface area contributed by atoms with Gasteiger partial charge in [0.05, 0.1) is 12.0 Å². The number of nitrogens with zero attached hydrogens (tertiary/aromatic N) is 1. The highest BCUT2D eigenvalue weighted by atomic mass is 16.6. The van der Waals surface area contributed by atoms with Crippen LogP contribution in [0.1, 0.15) is 33.1 Å². The maximum absolute atomic E-state index is 11.9. The number of ether oxygens (including phenoxy) is 1. The van der Waals surface area contributed by atoms with Gasteiger partial charge in [-0.3, -0.25) is 4.79 Å². The molecule has 0 aromatic carbocycles. The number of carbonyl (C=O) groups is 1. The van der Waals surface area contributed by atoms with E-state index >= 15 is 0 Å². The molecule has 19 heavy (non-hydrogen) atoms. The summed E-state index contributed by atoms with van der Waals surface area (Å²) in [5.74, 6) is 0.424. The molecule has 3 rings (SSSR count). The first-order valence-corrected chi connectivity index (χ1v) is 7.00. The number of nitrogens with one attached hydrogen (secondary N) is 1. The first-order valence-electron chi connectivity index (χ1n) is 7.00. The van der Waals surface area contributed by atoms with Crippen LogP contribution in [0.2, 0.25) is 0 Å². The fraction of sp³-hybridized carbons (Fsp3) is 0.667. The van der Waals surface area contributed by atoms with E-state index in [-0.39, 0.29) is 35.9 Å². The third kappa shape index (κ3) is 1.69. The van der Waals surface area contributed by atoms with Crippen molar-refractivity contribution in [3.05, 3.63) is 23.3 Å². The molecule has 2 aliphatic carbocycles. The predicted molar refractivity (Wildman–Crippen MR) is 70.7 cm³/mol. The predicted octanol–water partition coefficient (Wildman–Crippen LogP) is 3.25. The van der Waals surface area contributed by atoms with Gasteiger partial charge in [0.25, 0.3) is 0 Å². The van der Waals surface area contributed by atoms with E-state index in [0.29, 0.717) is 0 Å². The van der Waals surface area contributed by atoms with Crippen molar-refractivity contribution in [3.63, 3.8) is 0 Å². The Bertz CT molecular complexity index is 494.